The minimum atomic E-state index is -0.422. The highest BCUT2D eigenvalue weighted by Crippen LogP contribution is 2.17. The van der Waals surface area contributed by atoms with E-state index in [0.29, 0.717) is 4.67 Å². The second-order valence-electron chi connectivity index (χ2n) is 2.71. The van der Waals surface area contributed by atoms with Crippen molar-refractivity contribution in [3.63, 3.8) is 0 Å². The lowest BCUT2D eigenvalue weighted by Gasteiger charge is -2.01. The van der Waals surface area contributed by atoms with E-state index < -0.39 is 6.10 Å². The summed E-state index contributed by atoms with van der Waals surface area (Å²) in [6, 6.07) is 3.66. The fourth-order valence-electron chi connectivity index (χ4n) is 0.751. The molecule has 0 saturated carbocycles. The van der Waals surface area contributed by atoms with Gasteiger partial charge >= 0.3 is 0 Å². The largest absolute Gasteiger partial charge is 0.450 e. The lowest BCUT2D eigenvalue weighted by atomic mass is 10.2. The third kappa shape index (κ3) is 2.50. The van der Waals surface area contributed by atoms with Crippen molar-refractivity contribution < 1.29 is 9.52 Å². The average molecular weight is 231 g/mol. The zero-order valence-corrected chi connectivity index (χ0v) is 8.63. The molecule has 0 bridgehead atoms. The Labute approximate surface area is 80.0 Å². The van der Waals surface area contributed by atoms with Crippen LogP contribution in [0.2, 0.25) is 0 Å². The fraction of sp³-hybridized carbons (Fsp3) is 0.333. The Balaban J connectivity index is 2.80. The van der Waals surface area contributed by atoms with Crippen molar-refractivity contribution in [2.45, 2.75) is 20.0 Å². The summed E-state index contributed by atoms with van der Waals surface area (Å²) in [5.74, 6) is 0.750. The van der Waals surface area contributed by atoms with Crippen molar-refractivity contribution in [2.75, 3.05) is 0 Å². The zero-order chi connectivity index (χ0) is 9.14. The number of rotatable bonds is 2. The standard InChI is InChI=1S/C9H11BrO2/c1-6(7(2)11)5-8-3-4-9(10)12-8/h3-5,7,11H,1-2H3/b6-5+. The van der Waals surface area contributed by atoms with Gasteiger partial charge in [-0.05, 0) is 53.6 Å². The van der Waals surface area contributed by atoms with Gasteiger partial charge in [-0.15, -0.1) is 0 Å². The summed E-state index contributed by atoms with van der Waals surface area (Å²) in [7, 11) is 0. The molecule has 1 atom stereocenters. The van der Waals surface area contributed by atoms with E-state index in [1.165, 1.54) is 0 Å². The molecule has 12 heavy (non-hydrogen) atoms. The zero-order valence-electron chi connectivity index (χ0n) is 7.04. The maximum Gasteiger partial charge on any atom is 0.169 e. The maximum absolute atomic E-state index is 9.17. The summed E-state index contributed by atoms with van der Waals surface area (Å²) in [6.45, 7) is 3.59. The average Bonchev–Trinajstić information content (AvgIpc) is 2.35. The predicted molar refractivity (Wildman–Crippen MR) is 51.7 cm³/mol. The second kappa shape index (κ2) is 3.92. The number of hydrogen-bond acceptors (Lipinski definition) is 2. The smallest absolute Gasteiger partial charge is 0.169 e. The number of furan rings is 1. The lowest BCUT2D eigenvalue weighted by molar-refractivity contribution is 0.232. The number of aliphatic hydroxyl groups is 1. The van der Waals surface area contributed by atoms with Crippen LogP contribution in [0.1, 0.15) is 19.6 Å². The molecule has 0 saturated heterocycles. The molecule has 1 aromatic rings. The number of aliphatic hydroxyl groups excluding tert-OH is 1. The molecule has 0 aliphatic rings. The maximum atomic E-state index is 9.17. The molecule has 0 aliphatic heterocycles. The van der Waals surface area contributed by atoms with E-state index in [0.717, 1.165) is 11.3 Å². The van der Waals surface area contributed by atoms with Crippen molar-refractivity contribution in [3.05, 3.63) is 28.1 Å². The molecular formula is C9H11BrO2. The third-order valence-corrected chi connectivity index (χ3v) is 2.05. The van der Waals surface area contributed by atoms with E-state index >= 15 is 0 Å². The van der Waals surface area contributed by atoms with Crippen LogP contribution in [-0.2, 0) is 0 Å². The molecule has 3 heteroatoms. The van der Waals surface area contributed by atoms with Gasteiger partial charge in [-0.2, -0.15) is 0 Å². The van der Waals surface area contributed by atoms with Crippen LogP contribution in [0.3, 0.4) is 0 Å². The van der Waals surface area contributed by atoms with Crippen molar-refractivity contribution in [1.29, 1.82) is 0 Å². The molecule has 1 rings (SSSR count). The topological polar surface area (TPSA) is 33.4 Å². The Hall–Kier alpha value is -0.540. The van der Waals surface area contributed by atoms with Gasteiger partial charge in [-0.3, -0.25) is 0 Å². The predicted octanol–water partition coefficient (Wildman–Crippen LogP) is 2.83. The lowest BCUT2D eigenvalue weighted by Crippen LogP contribution is -1.99. The molecule has 1 N–H and O–H groups in total. The normalized spacial score (nSPS) is 14.8. The molecule has 1 heterocycles. The van der Waals surface area contributed by atoms with Crippen LogP contribution < -0.4 is 0 Å². The van der Waals surface area contributed by atoms with Crippen LogP contribution in [0.4, 0.5) is 0 Å². The molecule has 1 unspecified atom stereocenters. The molecule has 0 radical (unpaired) electrons. The SMILES string of the molecule is C/C(=C\c1ccc(Br)o1)C(C)O. The Morgan fingerprint density at radius 3 is 2.75 bits per heavy atom. The van der Waals surface area contributed by atoms with Crippen molar-refractivity contribution in [1.82, 2.24) is 0 Å². The van der Waals surface area contributed by atoms with E-state index in [2.05, 4.69) is 15.9 Å². The first kappa shape index (κ1) is 9.55. The Kier molecular flexibility index (Phi) is 3.12. The van der Waals surface area contributed by atoms with Crippen LogP contribution in [0.5, 0.6) is 0 Å². The van der Waals surface area contributed by atoms with Gasteiger partial charge in [0.25, 0.3) is 0 Å². The molecule has 1 aromatic heterocycles. The minimum absolute atomic E-state index is 0.422. The molecular weight excluding hydrogens is 220 g/mol. The summed E-state index contributed by atoms with van der Waals surface area (Å²) in [4.78, 5) is 0. The molecule has 0 spiro atoms. The van der Waals surface area contributed by atoms with E-state index in [4.69, 9.17) is 9.52 Å². The highest BCUT2D eigenvalue weighted by Gasteiger charge is 2.00. The summed E-state index contributed by atoms with van der Waals surface area (Å²) in [6.07, 6.45) is 1.39. The molecule has 66 valence electrons. The summed E-state index contributed by atoms with van der Waals surface area (Å²) >= 11 is 3.20. The van der Waals surface area contributed by atoms with E-state index in [1.54, 1.807) is 6.92 Å². The van der Waals surface area contributed by atoms with Gasteiger partial charge in [0.1, 0.15) is 5.76 Å². The number of halogens is 1. The highest BCUT2D eigenvalue weighted by atomic mass is 79.9. The Bertz CT molecular complexity index is 286. The second-order valence-corrected chi connectivity index (χ2v) is 3.49. The molecule has 0 aliphatic carbocycles. The first-order chi connectivity index (χ1) is 5.59. The van der Waals surface area contributed by atoms with Crippen molar-refractivity contribution in [2.24, 2.45) is 0 Å². The Morgan fingerprint density at radius 2 is 2.33 bits per heavy atom. The van der Waals surface area contributed by atoms with Gasteiger partial charge in [0.05, 0.1) is 6.10 Å². The Morgan fingerprint density at radius 1 is 1.67 bits per heavy atom. The summed E-state index contributed by atoms with van der Waals surface area (Å²) in [5, 5.41) is 9.17. The van der Waals surface area contributed by atoms with Gasteiger partial charge in [-0.25, -0.2) is 0 Å². The van der Waals surface area contributed by atoms with Crippen LogP contribution in [0.15, 0.2) is 26.8 Å². The minimum Gasteiger partial charge on any atom is -0.450 e. The first-order valence-electron chi connectivity index (χ1n) is 3.71. The summed E-state index contributed by atoms with van der Waals surface area (Å²) in [5.41, 5.74) is 0.886. The molecule has 0 aromatic carbocycles. The molecule has 0 fully saturated rings. The van der Waals surface area contributed by atoms with E-state index in [9.17, 15) is 0 Å². The monoisotopic (exact) mass is 230 g/mol. The number of hydrogen-bond donors (Lipinski definition) is 1. The van der Waals surface area contributed by atoms with Crippen molar-refractivity contribution >= 4 is 22.0 Å². The highest BCUT2D eigenvalue weighted by molar-refractivity contribution is 9.10. The van der Waals surface area contributed by atoms with Crippen LogP contribution in [-0.4, -0.2) is 11.2 Å². The fourth-order valence-corrected chi connectivity index (χ4v) is 1.07. The van der Waals surface area contributed by atoms with E-state index in [1.807, 2.05) is 25.1 Å². The third-order valence-electron chi connectivity index (χ3n) is 1.62. The van der Waals surface area contributed by atoms with Gasteiger partial charge in [0.2, 0.25) is 0 Å². The summed E-state index contributed by atoms with van der Waals surface area (Å²) < 4.78 is 5.93. The molecule has 2 nitrogen and oxygen atoms in total. The van der Waals surface area contributed by atoms with Gasteiger partial charge < -0.3 is 9.52 Å². The van der Waals surface area contributed by atoms with Gasteiger partial charge in [0.15, 0.2) is 4.67 Å². The first-order valence-corrected chi connectivity index (χ1v) is 4.50. The van der Waals surface area contributed by atoms with E-state index in [-0.39, 0.29) is 0 Å². The van der Waals surface area contributed by atoms with Crippen LogP contribution in [0, 0.1) is 0 Å². The van der Waals surface area contributed by atoms with Crippen LogP contribution in [0.25, 0.3) is 6.08 Å². The van der Waals surface area contributed by atoms with Gasteiger partial charge in [-0.1, -0.05) is 0 Å². The quantitative estimate of drug-likeness (QED) is 0.848. The van der Waals surface area contributed by atoms with Crippen molar-refractivity contribution in [3.8, 4) is 0 Å². The van der Waals surface area contributed by atoms with Gasteiger partial charge in [0, 0.05) is 0 Å². The molecule has 0 amide bonds. The van der Waals surface area contributed by atoms with Crippen LogP contribution >= 0.6 is 15.9 Å².